The standard InChI is InChI=1S/C18H27N5O/c1-3-23-17-7-5-4-6-15(17)16(21-23)12-20-18(24)13-22(2)14-8-10-19-11-9-14/h4-7,14,19H,3,8-13H2,1-2H3,(H,20,24). The van der Waals surface area contributed by atoms with Gasteiger partial charge in [0.25, 0.3) is 0 Å². The molecule has 1 aliphatic heterocycles. The Morgan fingerprint density at radius 3 is 2.88 bits per heavy atom. The molecule has 1 aliphatic rings. The molecule has 6 nitrogen and oxygen atoms in total. The van der Waals surface area contributed by atoms with Crippen molar-refractivity contribution in [3.05, 3.63) is 30.0 Å². The molecular weight excluding hydrogens is 302 g/mol. The van der Waals surface area contributed by atoms with Crippen LogP contribution < -0.4 is 10.6 Å². The number of para-hydroxylation sites is 1. The third-order valence-electron chi connectivity index (χ3n) is 4.81. The molecule has 0 aliphatic carbocycles. The van der Waals surface area contributed by atoms with Crippen molar-refractivity contribution in [3.8, 4) is 0 Å². The first-order chi connectivity index (χ1) is 11.7. The number of rotatable bonds is 6. The molecule has 3 rings (SSSR count). The van der Waals surface area contributed by atoms with Crippen LogP contribution in [0.1, 0.15) is 25.5 Å². The summed E-state index contributed by atoms with van der Waals surface area (Å²) in [5, 5.41) is 12.1. The summed E-state index contributed by atoms with van der Waals surface area (Å²) in [7, 11) is 2.04. The fourth-order valence-corrected chi connectivity index (χ4v) is 3.41. The number of likely N-dealkylation sites (N-methyl/N-ethyl adjacent to an activating group) is 1. The lowest BCUT2D eigenvalue weighted by Gasteiger charge is -2.31. The van der Waals surface area contributed by atoms with Crippen molar-refractivity contribution in [2.24, 2.45) is 0 Å². The molecule has 1 aromatic carbocycles. The number of fused-ring (bicyclic) bond motifs is 1. The van der Waals surface area contributed by atoms with Gasteiger partial charge in [0.05, 0.1) is 24.3 Å². The van der Waals surface area contributed by atoms with Gasteiger partial charge >= 0.3 is 0 Å². The molecule has 0 atom stereocenters. The van der Waals surface area contributed by atoms with Crippen LogP contribution in [0.25, 0.3) is 10.9 Å². The number of carbonyl (C=O) groups excluding carboxylic acids is 1. The molecule has 130 valence electrons. The Kier molecular flexibility index (Phi) is 5.48. The smallest absolute Gasteiger partial charge is 0.234 e. The Morgan fingerprint density at radius 1 is 1.38 bits per heavy atom. The molecule has 0 saturated carbocycles. The summed E-state index contributed by atoms with van der Waals surface area (Å²) in [5.41, 5.74) is 2.06. The minimum absolute atomic E-state index is 0.0613. The van der Waals surface area contributed by atoms with Crippen LogP contribution in [-0.4, -0.2) is 53.3 Å². The highest BCUT2D eigenvalue weighted by Crippen LogP contribution is 2.18. The van der Waals surface area contributed by atoms with E-state index in [0.717, 1.165) is 49.1 Å². The van der Waals surface area contributed by atoms with Crippen molar-refractivity contribution in [2.45, 2.75) is 38.9 Å². The van der Waals surface area contributed by atoms with Crippen molar-refractivity contribution in [3.63, 3.8) is 0 Å². The van der Waals surface area contributed by atoms with Crippen molar-refractivity contribution >= 4 is 16.8 Å². The first-order valence-corrected chi connectivity index (χ1v) is 8.81. The lowest BCUT2D eigenvalue weighted by Crippen LogP contribution is -2.45. The maximum Gasteiger partial charge on any atom is 0.234 e. The molecule has 2 N–H and O–H groups in total. The summed E-state index contributed by atoms with van der Waals surface area (Å²) in [5.74, 6) is 0.0613. The van der Waals surface area contributed by atoms with E-state index in [1.54, 1.807) is 0 Å². The molecule has 0 radical (unpaired) electrons. The minimum Gasteiger partial charge on any atom is -0.349 e. The van der Waals surface area contributed by atoms with Gasteiger partial charge in [0.1, 0.15) is 0 Å². The van der Waals surface area contributed by atoms with Crippen LogP contribution in [-0.2, 0) is 17.9 Å². The third kappa shape index (κ3) is 3.76. The monoisotopic (exact) mass is 329 g/mol. The number of nitrogens with zero attached hydrogens (tertiary/aromatic N) is 3. The number of nitrogens with one attached hydrogen (secondary N) is 2. The van der Waals surface area contributed by atoms with Crippen molar-refractivity contribution in [1.82, 2.24) is 25.3 Å². The number of piperidine rings is 1. The van der Waals surface area contributed by atoms with E-state index in [4.69, 9.17) is 0 Å². The van der Waals surface area contributed by atoms with Gasteiger partial charge in [-0.25, -0.2) is 0 Å². The summed E-state index contributed by atoms with van der Waals surface area (Å²) in [6.45, 7) is 5.90. The van der Waals surface area contributed by atoms with Crippen molar-refractivity contribution < 1.29 is 4.79 Å². The van der Waals surface area contributed by atoms with Crippen molar-refractivity contribution in [1.29, 1.82) is 0 Å². The molecule has 0 bridgehead atoms. The van der Waals surface area contributed by atoms with Crippen LogP contribution in [0.4, 0.5) is 0 Å². The topological polar surface area (TPSA) is 62.2 Å². The second kappa shape index (κ2) is 7.77. The Labute approximate surface area is 143 Å². The highest BCUT2D eigenvalue weighted by Gasteiger charge is 2.19. The van der Waals surface area contributed by atoms with Gasteiger partial charge in [-0.1, -0.05) is 18.2 Å². The number of hydrogen-bond donors (Lipinski definition) is 2. The molecule has 2 heterocycles. The largest absolute Gasteiger partial charge is 0.349 e. The molecule has 0 spiro atoms. The molecule has 1 amide bonds. The lowest BCUT2D eigenvalue weighted by molar-refractivity contribution is -0.122. The van der Waals surface area contributed by atoms with E-state index < -0.39 is 0 Å². The fraction of sp³-hybridized carbons (Fsp3) is 0.556. The second-order valence-electron chi connectivity index (χ2n) is 6.45. The fourth-order valence-electron chi connectivity index (χ4n) is 3.41. The van der Waals surface area contributed by atoms with Crippen LogP contribution in [0.2, 0.25) is 0 Å². The van der Waals surface area contributed by atoms with Crippen LogP contribution in [0.3, 0.4) is 0 Å². The predicted octanol–water partition coefficient (Wildman–Crippen LogP) is 1.36. The van der Waals surface area contributed by atoms with E-state index >= 15 is 0 Å². The Hall–Kier alpha value is -1.92. The Morgan fingerprint density at radius 2 is 2.12 bits per heavy atom. The average Bonchev–Trinajstić information content (AvgIpc) is 2.99. The summed E-state index contributed by atoms with van der Waals surface area (Å²) in [6.07, 6.45) is 2.21. The van der Waals surface area contributed by atoms with E-state index in [-0.39, 0.29) is 5.91 Å². The van der Waals surface area contributed by atoms with Gasteiger partial charge in [-0.3, -0.25) is 14.4 Å². The molecule has 2 aromatic rings. The quantitative estimate of drug-likeness (QED) is 0.840. The van der Waals surface area contributed by atoms with Gasteiger partial charge in [0.15, 0.2) is 0 Å². The van der Waals surface area contributed by atoms with Gasteiger partial charge < -0.3 is 10.6 Å². The number of amides is 1. The summed E-state index contributed by atoms with van der Waals surface area (Å²) in [4.78, 5) is 14.4. The molecule has 6 heteroatoms. The van der Waals surface area contributed by atoms with Gasteiger partial charge in [-0.15, -0.1) is 0 Å². The van der Waals surface area contributed by atoms with E-state index in [0.29, 0.717) is 19.1 Å². The molecule has 24 heavy (non-hydrogen) atoms. The molecule has 1 saturated heterocycles. The zero-order valence-electron chi connectivity index (χ0n) is 14.6. The third-order valence-corrected chi connectivity index (χ3v) is 4.81. The SMILES string of the molecule is CCn1nc(CNC(=O)CN(C)C2CCNCC2)c2ccccc21. The summed E-state index contributed by atoms with van der Waals surface area (Å²) in [6, 6.07) is 8.67. The first kappa shape index (κ1) is 16.9. The van der Waals surface area contributed by atoms with Crippen LogP contribution in [0.15, 0.2) is 24.3 Å². The van der Waals surface area contributed by atoms with Crippen LogP contribution in [0, 0.1) is 0 Å². The molecular formula is C18H27N5O. The average molecular weight is 329 g/mol. The molecule has 1 aromatic heterocycles. The van der Waals surface area contributed by atoms with Crippen molar-refractivity contribution in [2.75, 3.05) is 26.7 Å². The van der Waals surface area contributed by atoms with E-state index in [2.05, 4.69) is 39.7 Å². The number of hydrogen-bond acceptors (Lipinski definition) is 4. The van der Waals surface area contributed by atoms with Gasteiger partial charge in [0, 0.05) is 18.0 Å². The van der Waals surface area contributed by atoms with Gasteiger partial charge in [-0.2, -0.15) is 5.10 Å². The van der Waals surface area contributed by atoms with Crippen LogP contribution >= 0.6 is 0 Å². The minimum atomic E-state index is 0.0613. The van der Waals surface area contributed by atoms with Gasteiger partial charge in [0.2, 0.25) is 5.91 Å². The Balaban J connectivity index is 1.58. The van der Waals surface area contributed by atoms with Crippen LogP contribution in [0.5, 0.6) is 0 Å². The molecule has 1 fully saturated rings. The summed E-state index contributed by atoms with van der Waals surface area (Å²) < 4.78 is 1.98. The van der Waals surface area contributed by atoms with E-state index in [9.17, 15) is 4.79 Å². The second-order valence-corrected chi connectivity index (χ2v) is 6.45. The normalized spacial score (nSPS) is 16.0. The zero-order chi connectivity index (χ0) is 16.9. The predicted molar refractivity (Wildman–Crippen MR) is 95.8 cm³/mol. The lowest BCUT2D eigenvalue weighted by atomic mass is 10.1. The number of aromatic nitrogens is 2. The highest BCUT2D eigenvalue weighted by atomic mass is 16.2. The zero-order valence-corrected chi connectivity index (χ0v) is 14.6. The van der Waals surface area contributed by atoms with E-state index in [1.165, 1.54) is 0 Å². The van der Waals surface area contributed by atoms with E-state index in [1.807, 2.05) is 23.9 Å². The number of benzene rings is 1. The first-order valence-electron chi connectivity index (χ1n) is 8.81. The summed E-state index contributed by atoms with van der Waals surface area (Å²) >= 11 is 0. The van der Waals surface area contributed by atoms with Gasteiger partial charge in [-0.05, 0) is 46.0 Å². The maximum absolute atomic E-state index is 12.3. The Bertz CT molecular complexity index is 690. The highest BCUT2D eigenvalue weighted by molar-refractivity contribution is 5.83. The number of carbonyl (C=O) groups is 1. The maximum atomic E-state index is 12.3. The molecule has 0 unspecified atom stereocenters. The number of aryl methyl sites for hydroxylation is 1.